The minimum Gasteiger partial charge on any atom is -0.462 e. The minimum atomic E-state index is -0.764. The molecule has 0 spiro atoms. The van der Waals surface area contributed by atoms with Crippen molar-refractivity contribution < 1.29 is 28.6 Å². The molecule has 0 aromatic heterocycles. The van der Waals surface area contributed by atoms with Crippen LogP contribution in [0, 0.1) is 0 Å². The Morgan fingerprint density at radius 2 is 0.452 bits per heavy atom. The number of carbonyl (C=O) groups excluding carboxylic acids is 3. The Labute approximate surface area is 456 Å². The molecule has 6 nitrogen and oxygen atoms in total. The lowest BCUT2D eigenvalue weighted by molar-refractivity contribution is -0.167. The summed E-state index contributed by atoms with van der Waals surface area (Å²) in [4.78, 5) is 38.0. The maximum absolute atomic E-state index is 12.8. The molecule has 0 aliphatic rings. The van der Waals surface area contributed by atoms with Gasteiger partial charge in [0, 0.05) is 19.3 Å². The van der Waals surface area contributed by atoms with Gasteiger partial charge < -0.3 is 14.2 Å². The standard InChI is InChI=1S/C67H128O6/c1-4-7-10-13-16-18-20-22-24-26-28-30-32-33-34-36-37-39-41-43-45-47-49-51-54-57-60-66(69)72-63-64(62-71-65(68)59-56-53-15-12-9-6-3)73-67(70)61-58-55-52-50-48-46-44-42-40-38-35-31-29-27-25-23-21-19-17-14-11-8-5-2/h27,29,64H,4-26,28,30-63H2,1-3H3/b29-27-. The molecule has 6 heteroatoms. The highest BCUT2D eigenvalue weighted by atomic mass is 16.6. The van der Waals surface area contributed by atoms with E-state index < -0.39 is 6.10 Å². The number of carbonyl (C=O) groups is 3. The molecule has 0 amide bonds. The summed E-state index contributed by atoms with van der Waals surface area (Å²) in [7, 11) is 0. The molecule has 1 atom stereocenters. The molecular weight excluding hydrogens is 901 g/mol. The number of hydrogen-bond acceptors (Lipinski definition) is 6. The summed E-state index contributed by atoms with van der Waals surface area (Å²) in [6.07, 6.45) is 74.2. The van der Waals surface area contributed by atoms with E-state index in [0.717, 1.165) is 57.8 Å². The fourth-order valence-corrected chi connectivity index (χ4v) is 10.3. The summed E-state index contributed by atoms with van der Waals surface area (Å²) in [6.45, 7) is 6.65. The number of unbranched alkanes of at least 4 members (excludes halogenated alkanes) is 49. The predicted molar refractivity (Wildman–Crippen MR) is 317 cm³/mol. The Hall–Kier alpha value is -1.85. The zero-order chi connectivity index (χ0) is 52.9. The number of hydrogen-bond donors (Lipinski definition) is 0. The average molecular weight is 1030 g/mol. The monoisotopic (exact) mass is 1030 g/mol. The first-order chi connectivity index (χ1) is 36.0. The molecule has 0 aromatic rings. The number of rotatable bonds is 62. The lowest BCUT2D eigenvalue weighted by Gasteiger charge is -2.18. The Balaban J connectivity index is 4.00. The molecule has 73 heavy (non-hydrogen) atoms. The average Bonchev–Trinajstić information content (AvgIpc) is 3.39. The van der Waals surface area contributed by atoms with Crippen LogP contribution in [0.2, 0.25) is 0 Å². The second-order valence-electron chi connectivity index (χ2n) is 22.7. The molecule has 0 saturated heterocycles. The van der Waals surface area contributed by atoms with E-state index in [1.165, 1.54) is 283 Å². The van der Waals surface area contributed by atoms with Gasteiger partial charge in [0.2, 0.25) is 0 Å². The third-order valence-corrected chi connectivity index (χ3v) is 15.3. The molecule has 0 bridgehead atoms. The van der Waals surface area contributed by atoms with E-state index in [1.54, 1.807) is 0 Å². The minimum absolute atomic E-state index is 0.0647. The zero-order valence-corrected chi connectivity index (χ0v) is 49.7. The van der Waals surface area contributed by atoms with E-state index >= 15 is 0 Å². The van der Waals surface area contributed by atoms with E-state index in [-0.39, 0.29) is 31.1 Å². The molecule has 0 aliphatic carbocycles. The number of allylic oxidation sites excluding steroid dienone is 2. The molecule has 0 heterocycles. The topological polar surface area (TPSA) is 78.9 Å². The van der Waals surface area contributed by atoms with E-state index in [0.29, 0.717) is 19.3 Å². The fraction of sp³-hybridized carbons (Fsp3) is 0.925. The van der Waals surface area contributed by atoms with Gasteiger partial charge in [0.15, 0.2) is 6.10 Å². The Morgan fingerprint density at radius 1 is 0.260 bits per heavy atom. The van der Waals surface area contributed by atoms with Crippen molar-refractivity contribution in [3.05, 3.63) is 12.2 Å². The van der Waals surface area contributed by atoms with Crippen LogP contribution < -0.4 is 0 Å². The Morgan fingerprint density at radius 3 is 0.685 bits per heavy atom. The van der Waals surface area contributed by atoms with Gasteiger partial charge in [0.05, 0.1) is 0 Å². The molecule has 0 fully saturated rings. The third kappa shape index (κ3) is 60.9. The highest BCUT2D eigenvalue weighted by Gasteiger charge is 2.19. The van der Waals surface area contributed by atoms with Gasteiger partial charge in [0.25, 0.3) is 0 Å². The van der Waals surface area contributed by atoms with Gasteiger partial charge in [-0.05, 0) is 44.9 Å². The Bertz CT molecular complexity index is 1130. The van der Waals surface area contributed by atoms with Crippen LogP contribution in [-0.2, 0) is 28.6 Å². The van der Waals surface area contributed by atoms with E-state index in [9.17, 15) is 14.4 Å². The van der Waals surface area contributed by atoms with Crippen molar-refractivity contribution in [1.82, 2.24) is 0 Å². The summed E-state index contributed by atoms with van der Waals surface area (Å²) >= 11 is 0. The first kappa shape index (κ1) is 71.2. The van der Waals surface area contributed by atoms with E-state index in [1.807, 2.05) is 0 Å². The summed E-state index contributed by atoms with van der Waals surface area (Å²) in [6, 6.07) is 0. The van der Waals surface area contributed by atoms with Crippen molar-refractivity contribution >= 4 is 17.9 Å². The van der Waals surface area contributed by atoms with Crippen molar-refractivity contribution in [3.8, 4) is 0 Å². The van der Waals surface area contributed by atoms with Crippen LogP contribution >= 0.6 is 0 Å². The fourth-order valence-electron chi connectivity index (χ4n) is 10.3. The third-order valence-electron chi connectivity index (χ3n) is 15.3. The summed E-state index contributed by atoms with van der Waals surface area (Å²) in [5.74, 6) is -0.848. The van der Waals surface area contributed by atoms with Gasteiger partial charge in [0.1, 0.15) is 13.2 Å². The van der Waals surface area contributed by atoms with Crippen molar-refractivity contribution in [2.75, 3.05) is 13.2 Å². The van der Waals surface area contributed by atoms with Crippen LogP contribution in [0.15, 0.2) is 12.2 Å². The second-order valence-corrected chi connectivity index (χ2v) is 22.7. The summed E-state index contributed by atoms with van der Waals surface area (Å²) < 4.78 is 16.8. The van der Waals surface area contributed by atoms with Crippen LogP contribution in [0.4, 0.5) is 0 Å². The van der Waals surface area contributed by atoms with Crippen molar-refractivity contribution in [2.45, 2.75) is 386 Å². The molecule has 0 aliphatic heterocycles. The van der Waals surface area contributed by atoms with Crippen LogP contribution in [0.1, 0.15) is 380 Å². The van der Waals surface area contributed by atoms with Gasteiger partial charge in [-0.1, -0.05) is 328 Å². The molecule has 0 rings (SSSR count). The lowest BCUT2D eigenvalue weighted by Crippen LogP contribution is -2.30. The predicted octanol–water partition coefficient (Wildman–Crippen LogP) is 22.4. The van der Waals surface area contributed by atoms with Crippen molar-refractivity contribution in [1.29, 1.82) is 0 Å². The summed E-state index contributed by atoms with van der Waals surface area (Å²) in [5, 5.41) is 0. The van der Waals surface area contributed by atoms with Gasteiger partial charge in [-0.15, -0.1) is 0 Å². The largest absolute Gasteiger partial charge is 0.462 e. The second kappa shape index (κ2) is 62.7. The number of ether oxygens (including phenoxy) is 3. The molecule has 0 aromatic carbocycles. The van der Waals surface area contributed by atoms with E-state index in [4.69, 9.17) is 14.2 Å². The molecule has 0 saturated carbocycles. The summed E-state index contributed by atoms with van der Waals surface area (Å²) in [5.41, 5.74) is 0. The highest BCUT2D eigenvalue weighted by molar-refractivity contribution is 5.71. The molecule has 0 N–H and O–H groups in total. The zero-order valence-electron chi connectivity index (χ0n) is 49.7. The van der Waals surface area contributed by atoms with Crippen LogP contribution in [0.25, 0.3) is 0 Å². The molecule has 1 unspecified atom stereocenters. The van der Waals surface area contributed by atoms with Crippen LogP contribution in [-0.4, -0.2) is 37.2 Å². The lowest BCUT2D eigenvalue weighted by atomic mass is 10.0. The van der Waals surface area contributed by atoms with Gasteiger partial charge >= 0.3 is 17.9 Å². The van der Waals surface area contributed by atoms with Crippen molar-refractivity contribution in [3.63, 3.8) is 0 Å². The van der Waals surface area contributed by atoms with Crippen LogP contribution in [0.5, 0.6) is 0 Å². The van der Waals surface area contributed by atoms with Gasteiger partial charge in [-0.2, -0.15) is 0 Å². The van der Waals surface area contributed by atoms with Crippen LogP contribution in [0.3, 0.4) is 0 Å². The first-order valence-electron chi connectivity index (χ1n) is 33.2. The molecular formula is C67H128O6. The Kier molecular flexibility index (Phi) is 61.1. The van der Waals surface area contributed by atoms with Gasteiger partial charge in [-0.25, -0.2) is 0 Å². The first-order valence-corrected chi connectivity index (χ1v) is 33.2. The number of esters is 3. The molecule has 432 valence electrons. The smallest absolute Gasteiger partial charge is 0.306 e. The highest BCUT2D eigenvalue weighted by Crippen LogP contribution is 2.18. The molecule has 0 radical (unpaired) electrons. The quantitative estimate of drug-likeness (QED) is 0.0261. The van der Waals surface area contributed by atoms with Crippen molar-refractivity contribution in [2.24, 2.45) is 0 Å². The van der Waals surface area contributed by atoms with E-state index in [2.05, 4.69) is 32.9 Å². The maximum Gasteiger partial charge on any atom is 0.306 e. The van der Waals surface area contributed by atoms with Gasteiger partial charge in [-0.3, -0.25) is 14.4 Å². The maximum atomic E-state index is 12.8. The normalized spacial score (nSPS) is 12.0. The SMILES string of the molecule is CCCCCCCCCC/C=C\CCCCCCCCCCCCCC(=O)OC(COC(=O)CCCCCCCC)COC(=O)CCCCCCCCCCCCCCCCCCCCCCCCCCCC.